The number of nitrogens with zero attached hydrogens (tertiary/aromatic N) is 4. The number of fused-ring (bicyclic) bond motifs is 1. The third-order valence-corrected chi connectivity index (χ3v) is 4.33. The minimum Gasteiger partial charge on any atom is -0.483 e. The Kier molecular flexibility index (Phi) is 7.08. The second-order valence-corrected chi connectivity index (χ2v) is 6.33. The molecular formula is C16H25N5O4. The van der Waals surface area contributed by atoms with E-state index in [2.05, 4.69) is 20.2 Å². The predicted octanol–water partition coefficient (Wildman–Crippen LogP) is -0.0907. The normalized spacial score (nSPS) is 25.3. The summed E-state index contributed by atoms with van der Waals surface area (Å²) in [5.41, 5.74) is 0. The van der Waals surface area contributed by atoms with Crippen LogP contribution in [-0.4, -0.2) is 89.2 Å². The van der Waals surface area contributed by atoms with E-state index in [1.54, 1.807) is 31.5 Å². The molecule has 0 unspecified atom stereocenters. The van der Waals surface area contributed by atoms with Gasteiger partial charge in [0.2, 0.25) is 5.91 Å². The molecule has 3 heterocycles. The Bertz CT molecular complexity index is 557. The Labute approximate surface area is 147 Å². The van der Waals surface area contributed by atoms with E-state index in [0.717, 1.165) is 25.3 Å². The fourth-order valence-electron chi connectivity index (χ4n) is 3.13. The van der Waals surface area contributed by atoms with Crippen LogP contribution in [0.15, 0.2) is 18.6 Å². The molecule has 2 saturated heterocycles. The maximum absolute atomic E-state index is 11.8. The van der Waals surface area contributed by atoms with E-state index in [0.29, 0.717) is 25.1 Å². The van der Waals surface area contributed by atoms with E-state index >= 15 is 0 Å². The average molecular weight is 351 g/mol. The monoisotopic (exact) mass is 351 g/mol. The molecule has 0 bridgehead atoms. The van der Waals surface area contributed by atoms with Crippen molar-refractivity contribution in [3.63, 3.8) is 0 Å². The van der Waals surface area contributed by atoms with Gasteiger partial charge in [-0.15, -0.1) is 0 Å². The number of rotatable bonds is 4. The minimum absolute atomic E-state index is 0.00366. The van der Waals surface area contributed by atoms with Gasteiger partial charge in [0.25, 0.3) is 6.47 Å². The molecule has 1 amide bonds. The Morgan fingerprint density at radius 2 is 2.28 bits per heavy atom. The average Bonchev–Trinajstić information content (AvgIpc) is 2.98. The first kappa shape index (κ1) is 19.1. The predicted molar refractivity (Wildman–Crippen MR) is 91.2 cm³/mol. The summed E-state index contributed by atoms with van der Waals surface area (Å²) < 4.78 is 5.87. The SMILES string of the molecule is CN(C)C(=O)C[C@H]1CN2C[C@H](Nc3ccncn3)C[C@H]2CO1.O=CO. The minimum atomic E-state index is -0.250. The number of hydrogen-bond acceptors (Lipinski definition) is 7. The molecule has 25 heavy (non-hydrogen) atoms. The Hall–Kier alpha value is -2.26. The second-order valence-electron chi connectivity index (χ2n) is 6.33. The van der Waals surface area contributed by atoms with Crippen LogP contribution in [0.25, 0.3) is 0 Å². The summed E-state index contributed by atoms with van der Waals surface area (Å²) in [6.07, 6.45) is 4.79. The first-order valence-corrected chi connectivity index (χ1v) is 8.19. The van der Waals surface area contributed by atoms with Crippen LogP contribution in [0.5, 0.6) is 0 Å². The van der Waals surface area contributed by atoms with Gasteiger partial charge in [0.15, 0.2) is 0 Å². The third-order valence-electron chi connectivity index (χ3n) is 4.33. The number of morpholine rings is 1. The van der Waals surface area contributed by atoms with Crippen LogP contribution < -0.4 is 5.32 Å². The van der Waals surface area contributed by atoms with Crippen LogP contribution in [-0.2, 0) is 14.3 Å². The summed E-state index contributed by atoms with van der Waals surface area (Å²) in [5, 5.41) is 10.3. The highest BCUT2D eigenvalue weighted by molar-refractivity contribution is 5.76. The number of carbonyl (C=O) groups excluding carboxylic acids is 1. The molecule has 2 aliphatic rings. The fraction of sp³-hybridized carbons (Fsp3) is 0.625. The molecule has 138 valence electrons. The summed E-state index contributed by atoms with van der Waals surface area (Å²) >= 11 is 0. The van der Waals surface area contributed by atoms with Crippen molar-refractivity contribution in [3.8, 4) is 0 Å². The van der Waals surface area contributed by atoms with Crippen LogP contribution in [0.4, 0.5) is 5.82 Å². The molecular weight excluding hydrogens is 326 g/mol. The van der Waals surface area contributed by atoms with E-state index < -0.39 is 0 Å². The largest absolute Gasteiger partial charge is 0.483 e. The number of aromatic nitrogens is 2. The summed E-state index contributed by atoms with van der Waals surface area (Å²) in [6, 6.07) is 2.68. The highest BCUT2D eigenvalue weighted by Gasteiger charge is 2.38. The maximum Gasteiger partial charge on any atom is 0.290 e. The Morgan fingerprint density at radius 3 is 2.92 bits per heavy atom. The van der Waals surface area contributed by atoms with E-state index in [4.69, 9.17) is 14.6 Å². The Morgan fingerprint density at radius 1 is 1.52 bits per heavy atom. The van der Waals surface area contributed by atoms with Crippen molar-refractivity contribution in [3.05, 3.63) is 18.6 Å². The van der Waals surface area contributed by atoms with E-state index in [9.17, 15) is 4.79 Å². The van der Waals surface area contributed by atoms with E-state index in [1.807, 2.05) is 6.07 Å². The molecule has 2 aliphatic heterocycles. The summed E-state index contributed by atoms with van der Waals surface area (Å²) in [4.78, 5) is 32.4. The van der Waals surface area contributed by atoms with Gasteiger partial charge in [-0.25, -0.2) is 9.97 Å². The molecule has 9 heteroatoms. The van der Waals surface area contributed by atoms with Gasteiger partial charge in [0.05, 0.1) is 19.1 Å². The highest BCUT2D eigenvalue weighted by Crippen LogP contribution is 2.26. The summed E-state index contributed by atoms with van der Waals surface area (Å²) in [5.74, 6) is 0.985. The molecule has 1 aromatic heterocycles. The zero-order valence-electron chi connectivity index (χ0n) is 14.5. The fourth-order valence-corrected chi connectivity index (χ4v) is 3.13. The van der Waals surface area contributed by atoms with Crippen LogP contribution in [0, 0.1) is 0 Å². The van der Waals surface area contributed by atoms with E-state index in [1.165, 1.54) is 0 Å². The van der Waals surface area contributed by atoms with Gasteiger partial charge in [-0.05, 0) is 12.5 Å². The van der Waals surface area contributed by atoms with Crippen molar-refractivity contribution >= 4 is 18.2 Å². The molecule has 0 spiro atoms. The van der Waals surface area contributed by atoms with Gasteiger partial charge >= 0.3 is 0 Å². The van der Waals surface area contributed by atoms with Gasteiger partial charge in [0.1, 0.15) is 12.1 Å². The number of ether oxygens (including phenoxy) is 1. The van der Waals surface area contributed by atoms with Crippen molar-refractivity contribution in [1.29, 1.82) is 0 Å². The number of carboxylic acid groups (broad SMARTS) is 1. The lowest BCUT2D eigenvalue weighted by Gasteiger charge is -2.35. The van der Waals surface area contributed by atoms with Gasteiger partial charge in [0, 0.05) is 45.5 Å². The first-order valence-electron chi connectivity index (χ1n) is 8.19. The smallest absolute Gasteiger partial charge is 0.290 e. The van der Waals surface area contributed by atoms with Crippen LogP contribution in [0.2, 0.25) is 0 Å². The van der Waals surface area contributed by atoms with Crippen molar-refractivity contribution in [2.75, 3.05) is 39.1 Å². The van der Waals surface area contributed by atoms with Gasteiger partial charge in [-0.1, -0.05) is 0 Å². The molecule has 9 nitrogen and oxygen atoms in total. The molecule has 3 rings (SSSR count). The number of anilines is 1. The van der Waals surface area contributed by atoms with E-state index in [-0.39, 0.29) is 18.5 Å². The molecule has 0 aromatic carbocycles. The van der Waals surface area contributed by atoms with Crippen LogP contribution in [0.3, 0.4) is 0 Å². The standard InChI is InChI=1S/C15H23N5O2.CH2O2/c1-19(2)15(21)6-13-8-20-7-11(5-12(20)9-22-13)18-14-3-4-16-10-17-14;2-1-3/h3-4,10-13H,5-9H2,1-2H3,(H,16,17,18);1H,(H,2,3)/t11-,12+,13+;/m1./s1. The first-order chi connectivity index (χ1) is 12.0. The number of hydrogen-bond donors (Lipinski definition) is 2. The molecule has 0 aliphatic carbocycles. The van der Waals surface area contributed by atoms with Crippen molar-refractivity contribution in [2.24, 2.45) is 0 Å². The van der Waals surface area contributed by atoms with Crippen molar-refractivity contribution in [1.82, 2.24) is 19.8 Å². The lowest BCUT2D eigenvalue weighted by Crippen LogP contribution is -2.47. The lowest BCUT2D eigenvalue weighted by molar-refractivity contribution is -0.134. The van der Waals surface area contributed by atoms with Crippen molar-refractivity contribution < 1.29 is 19.4 Å². The number of carbonyl (C=O) groups is 2. The van der Waals surface area contributed by atoms with Crippen molar-refractivity contribution in [2.45, 2.75) is 31.0 Å². The topological polar surface area (TPSA) is 108 Å². The van der Waals surface area contributed by atoms with Crippen LogP contribution >= 0.6 is 0 Å². The van der Waals surface area contributed by atoms with Gasteiger partial charge in [-0.2, -0.15) is 0 Å². The molecule has 2 N–H and O–H groups in total. The summed E-state index contributed by atoms with van der Waals surface area (Å²) in [6.45, 7) is 2.24. The number of amides is 1. The lowest BCUT2D eigenvalue weighted by atomic mass is 10.1. The number of nitrogens with one attached hydrogen (secondary N) is 1. The highest BCUT2D eigenvalue weighted by atomic mass is 16.5. The zero-order valence-corrected chi connectivity index (χ0v) is 14.5. The molecule has 0 saturated carbocycles. The molecule has 1 aromatic rings. The maximum atomic E-state index is 11.8. The molecule has 0 radical (unpaired) electrons. The quantitative estimate of drug-likeness (QED) is 0.725. The van der Waals surface area contributed by atoms with Crippen LogP contribution in [0.1, 0.15) is 12.8 Å². The summed E-state index contributed by atoms with van der Waals surface area (Å²) in [7, 11) is 3.57. The van der Waals surface area contributed by atoms with Gasteiger partial charge < -0.3 is 20.1 Å². The third kappa shape index (κ3) is 5.64. The Balaban J connectivity index is 0.000000701. The van der Waals surface area contributed by atoms with Gasteiger partial charge in [-0.3, -0.25) is 14.5 Å². The zero-order chi connectivity index (χ0) is 18.2. The second kappa shape index (κ2) is 9.28. The molecule has 2 fully saturated rings. The molecule has 3 atom stereocenters.